The van der Waals surface area contributed by atoms with E-state index >= 15 is 0 Å². The fraction of sp³-hybridized carbons (Fsp3) is 0.375. The summed E-state index contributed by atoms with van der Waals surface area (Å²) in [5.74, 6) is -0.188. The van der Waals surface area contributed by atoms with Crippen LogP contribution in [0.5, 0.6) is 0 Å². The quantitative estimate of drug-likeness (QED) is 0.812. The first-order valence-corrected chi connectivity index (χ1v) is 7.84. The van der Waals surface area contributed by atoms with Gasteiger partial charge in [0, 0.05) is 28.5 Å². The van der Waals surface area contributed by atoms with Gasteiger partial charge >= 0.3 is 5.97 Å². The Morgan fingerprint density at radius 3 is 3.00 bits per heavy atom. The number of pyridine rings is 1. The molecule has 112 valence electrons. The first-order chi connectivity index (χ1) is 10.1. The van der Waals surface area contributed by atoms with Crippen molar-refractivity contribution in [2.24, 2.45) is 5.73 Å². The lowest BCUT2D eigenvalue weighted by Crippen LogP contribution is -2.24. The maximum absolute atomic E-state index is 11.4. The van der Waals surface area contributed by atoms with E-state index < -0.39 is 0 Å². The molecule has 0 aliphatic rings. The number of hydrogen-bond donors (Lipinski definition) is 1. The zero-order valence-electron chi connectivity index (χ0n) is 12.0. The van der Waals surface area contributed by atoms with Gasteiger partial charge in [-0.2, -0.15) is 0 Å². The summed E-state index contributed by atoms with van der Waals surface area (Å²) in [4.78, 5) is 15.8. The largest absolute Gasteiger partial charge is 0.466 e. The molecule has 0 amide bonds. The third-order valence-electron chi connectivity index (χ3n) is 3.31. The summed E-state index contributed by atoms with van der Waals surface area (Å²) in [6, 6.07) is 7.90. The molecule has 1 aromatic carbocycles. The van der Waals surface area contributed by atoms with Gasteiger partial charge in [-0.15, -0.1) is 0 Å². The van der Waals surface area contributed by atoms with E-state index in [-0.39, 0.29) is 12.0 Å². The number of ether oxygens (including phenoxy) is 1. The third kappa shape index (κ3) is 4.25. The molecule has 2 rings (SSSR count). The molecular formula is C16H19BrN2O2. The molecule has 4 nitrogen and oxygen atoms in total. The number of esters is 1. The fourth-order valence-corrected chi connectivity index (χ4v) is 2.73. The van der Waals surface area contributed by atoms with Crippen LogP contribution < -0.4 is 5.73 Å². The van der Waals surface area contributed by atoms with Gasteiger partial charge < -0.3 is 10.5 Å². The second-order valence-electron chi connectivity index (χ2n) is 4.91. The van der Waals surface area contributed by atoms with Gasteiger partial charge in [0.15, 0.2) is 0 Å². The number of nitrogens with two attached hydrogens (primary N) is 1. The molecule has 0 aliphatic heterocycles. The minimum atomic E-state index is -0.188. The van der Waals surface area contributed by atoms with Gasteiger partial charge in [0.1, 0.15) is 0 Å². The summed E-state index contributed by atoms with van der Waals surface area (Å²) in [5, 5.41) is 1.08. The van der Waals surface area contributed by atoms with Crippen molar-refractivity contribution < 1.29 is 9.53 Å². The molecule has 1 atom stereocenters. The predicted molar refractivity (Wildman–Crippen MR) is 87.0 cm³/mol. The van der Waals surface area contributed by atoms with Gasteiger partial charge in [-0.1, -0.05) is 28.1 Å². The maximum atomic E-state index is 11.4. The van der Waals surface area contributed by atoms with Crippen LogP contribution in [0.1, 0.15) is 25.3 Å². The summed E-state index contributed by atoms with van der Waals surface area (Å²) in [7, 11) is 0. The number of benzene rings is 1. The second-order valence-corrected chi connectivity index (χ2v) is 5.77. The molecule has 0 fully saturated rings. The van der Waals surface area contributed by atoms with Gasteiger partial charge in [0.2, 0.25) is 0 Å². The number of fused-ring (bicyclic) bond motifs is 1. The fourth-order valence-electron chi connectivity index (χ4n) is 2.28. The molecule has 0 bridgehead atoms. The Morgan fingerprint density at radius 2 is 2.24 bits per heavy atom. The molecule has 1 heterocycles. The molecule has 0 saturated heterocycles. The normalized spacial score (nSPS) is 12.3. The molecule has 0 radical (unpaired) electrons. The van der Waals surface area contributed by atoms with Crippen LogP contribution in [0.25, 0.3) is 10.9 Å². The van der Waals surface area contributed by atoms with E-state index in [1.54, 1.807) is 13.1 Å². The highest BCUT2D eigenvalue weighted by molar-refractivity contribution is 9.10. The number of aromatic nitrogens is 1. The van der Waals surface area contributed by atoms with Crippen LogP contribution in [-0.2, 0) is 16.0 Å². The van der Waals surface area contributed by atoms with Gasteiger partial charge in [-0.25, -0.2) is 0 Å². The molecule has 2 aromatic rings. The average Bonchev–Trinajstić information content (AvgIpc) is 2.49. The van der Waals surface area contributed by atoms with E-state index in [9.17, 15) is 4.79 Å². The van der Waals surface area contributed by atoms with Crippen molar-refractivity contribution in [1.29, 1.82) is 0 Å². The van der Waals surface area contributed by atoms with Crippen LogP contribution in [0.4, 0.5) is 0 Å². The second kappa shape index (κ2) is 7.52. The summed E-state index contributed by atoms with van der Waals surface area (Å²) in [5.41, 5.74) is 8.19. The molecule has 2 N–H and O–H groups in total. The zero-order valence-corrected chi connectivity index (χ0v) is 13.6. The first-order valence-electron chi connectivity index (χ1n) is 7.05. The summed E-state index contributed by atoms with van der Waals surface area (Å²) >= 11 is 3.53. The van der Waals surface area contributed by atoms with Crippen LogP contribution in [0.15, 0.2) is 34.9 Å². The molecule has 21 heavy (non-hydrogen) atoms. The number of carbonyl (C=O) groups excluding carboxylic acids is 1. The number of halogens is 1. The summed E-state index contributed by atoms with van der Waals surface area (Å²) in [6.07, 6.45) is 3.45. The van der Waals surface area contributed by atoms with Crippen LogP contribution in [0.3, 0.4) is 0 Å². The monoisotopic (exact) mass is 350 g/mol. The Hall–Kier alpha value is -1.46. The average molecular weight is 351 g/mol. The molecule has 1 unspecified atom stereocenters. The first kappa shape index (κ1) is 15.9. The lowest BCUT2D eigenvalue weighted by Gasteiger charge is -2.13. The molecule has 0 saturated carbocycles. The summed E-state index contributed by atoms with van der Waals surface area (Å²) < 4.78 is 5.94. The van der Waals surface area contributed by atoms with E-state index in [4.69, 9.17) is 10.5 Å². The predicted octanol–water partition coefficient (Wildman–Crippen LogP) is 3.21. The Labute approximate surface area is 132 Å². The maximum Gasteiger partial charge on any atom is 0.305 e. The summed E-state index contributed by atoms with van der Waals surface area (Å²) in [6.45, 7) is 2.22. The van der Waals surface area contributed by atoms with Crippen molar-refractivity contribution in [3.63, 3.8) is 0 Å². The minimum Gasteiger partial charge on any atom is -0.466 e. The van der Waals surface area contributed by atoms with Crippen LogP contribution in [-0.4, -0.2) is 23.6 Å². The molecule has 1 aromatic heterocycles. The van der Waals surface area contributed by atoms with Gasteiger partial charge in [-0.3, -0.25) is 9.78 Å². The molecule has 0 spiro atoms. The zero-order chi connectivity index (χ0) is 15.2. The lowest BCUT2D eigenvalue weighted by atomic mass is 10.00. The van der Waals surface area contributed by atoms with Crippen molar-refractivity contribution in [2.45, 2.75) is 32.2 Å². The highest BCUT2D eigenvalue weighted by atomic mass is 79.9. The smallest absolute Gasteiger partial charge is 0.305 e. The number of hydrogen-bond acceptors (Lipinski definition) is 4. The van der Waals surface area contributed by atoms with Crippen molar-refractivity contribution in [3.05, 3.63) is 40.5 Å². The number of carbonyl (C=O) groups is 1. The van der Waals surface area contributed by atoms with Crippen molar-refractivity contribution in [3.8, 4) is 0 Å². The Balaban J connectivity index is 2.06. The molecule has 0 aliphatic carbocycles. The SMILES string of the molecule is CCOC(=O)CCC(N)Cc1ccc(Br)c2cccnc12. The van der Waals surface area contributed by atoms with E-state index in [2.05, 4.69) is 20.9 Å². The van der Waals surface area contributed by atoms with E-state index in [0.29, 0.717) is 25.9 Å². The van der Waals surface area contributed by atoms with Crippen LogP contribution >= 0.6 is 15.9 Å². The van der Waals surface area contributed by atoms with Crippen LogP contribution in [0.2, 0.25) is 0 Å². The third-order valence-corrected chi connectivity index (χ3v) is 4.00. The Kier molecular flexibility index (Phi) is 5.70. The van der Waals surface area contributed by atoms with Crippen molar-refractivity contribution in [2.75, 3.05) is 6.61 Å². The van der Waals surface area contributed by atoms with Crippen molar-refractivity contribution >= 4 is 32.8 Å². The Bertz CT molecular complexity index is 631. The van der Waals surface area contributed by atoms with E-state index in [1.807, 2.05) is 24.3 Å². The van der Waals surface area contributed by atoms with E-state index in [0.717, 1.165) is 20.9 Å². The Morgan fingerprint density at radius 1 is 1.43 bits per heavy atom. The highest BCUT2D eigenvalue weighted by Gasteiger charge is 2.12. The highest BCUT2D eigenvalue weighted by Crippen LogP contribution is 2.26. The lowest BCUT2D eigenvalue weighted by molar-refractivity contribution is -0.143. The standard InChI is InChI=1S/C16H19BrN2O2/c1-2-21-15(20)8-6-12(18)10-11-5-7-14(17)13-4-3-9-19-16(11)13/h3-5,7,9,12H,2,6,8,10,18H2,1H3. The number of rotatable bonds is 6. The van der Waals surface area contributed by atoms with Gasteiger partial charge in [0.05, 0.1) is 12.1 Å². The van der Waals surface area contributed by atoms with Gasteiger partial charge in [-0.05, 0) is 37.5 Å². The molecule has 5 heteroatoms. The molecular weight excluding hydrogens is 332 g/mol. The topological polar surface area (TPSA) is 65.2 Å². The van der Waals surface area contributed by atoms with Crippen LogP contribution in [0, 0.1) is 0 Å². The van der Waals surface area contributed by atoms with Gasteiger partial charge in [0.25, 0.3) is 0 Å². The van der Waals surface area contributed by atoms with E-state index in [1.165, 1.54) is 0 Å². The van der Waals surface area contributed by atoms with Crippen molar-refractivity contribution in [1.82, 2.24) is 4.98 Å². The minimum absolute atomic E-state index is 0.0826. The number of nitrogens with zero attached hydrogens (tertiary/aromatic N) is 1.